The van der Waals surface area contributed by atoms with E-state index in [1.54, 1.807) is 12.4 Å². The fourth-order valence-electron chi connectivity index (χ4n) is 1.33. The second-order valence-corrected chi connectivity index (χ2v) is 4.04. The number of hydrogen-bond acceptors (Lipinski definition) is 2. The summed E-state index contributed by atoms with van der Waals surface area (Å²) in [6, 6.07) is 11.4. The molecule has 0 radical (unpaired) electrons. The number of aromatic nitrogens is 1. The van der Waals surface area contributed by atoms with Gasteiger partial charge < -0.3 is 0 Å². The highest BCUT2D eigenvalue weighted by molar-refractivity contribution is 9.10. The molecule has 0 spiro atoms. The summed E-state index contributed by atoms with van der Waals surface area (Å²) < 4.78 is 0.985. The summed E-state index contributed by atoms with van der Waals surface area (Å²) in [6.45, 7) is 0. The van der Waals surface area contributed by atoms with Gasteiger partial charge in [-0.2, -0.15) is 0 Å². The molecule has 2 aromatic rings. The van der Waals surface area contributed by atoms with Crippen LogP contribution in [0.25, 0.3) is 0 Å². The number of rotatable bonds is 2. The highest BCUT2D eigenvalue weighted by Gasteiger charge is 2.03. The summed E-state index contributed by atoms with van der Waals surface area (Å²) in [5, 5.41) is 8.02. The lowest BCUT2D eigenvalue weighted by molar-refractivity contribution is 1.31. The van der Waals surface area contributed by atoms with Crippen molar-refractivity contribution in [1.82, 2.24) is 4.98 Å². The molecule has 1 heterocycles. The van der Waals surface area contributed by atoms with Crippen molar-refractivity contribution in [1.29, 1.82) is 5.41 Å². The van der Waals surface area contributed by atoms with Crippen LogP contribution in [-0.4, -0.2) is 10.7 Å². The molecule has 2 rings (SSSR count). The summed E-state index contributed by atoms with van der Waals surface area (Å²) in [7, 11) is 0. The molecule has 1 N–H and O–H groups in total. The summed E-state index contributed by atoms with van der Waals surface area (Å²) in [4.78, 5) is 3.93. The lowest BCUT2D eigenvalue weighted by Gasteiger charge is -2.03. The van der Waals surface area contributed by atoms with Crippen molar-refractivity contribution in [2.75, 3.05) is 0 Å². The molecule has 15 heavy (non-hydrogen) atoms. The SMILES string of the molecule is N=C(c1ccncc1)c1cccc(Br)c1. The lowest BCUT2D eigenvalue weighted by atomic mass is 10.0. The van der Waals surface area contributed by atoms with Crippen LogP contribution in [0, 0.1) is 5.41 Å². The molecular formula is C12H9BrN2. The molecule has 2 nitrogen and oxygen atoms in total. The summed E-state index contributed by atoms with van der Waals surface area (Å²) in [5.74, 6) is 0. The minimum absolute atomic E-state index is 0.513. The van der Waals surface area contributed by atoms with Gasteiger partial charge in [0.1, 0.15) is 0 Å². The maximum atomic E-state index is 8.02. The van der Waals surface area contributed by atoms with Crippen LogP contribution in [0.15, 0.2) is 53.3 Å². The maximum absolute atomic E-state index is 8.02. The molecule has 0 fully saturated rings. The van der Waals surface area contributed by atoms with Crippen molar-refractivity contribution in [3.63, 3.8) is 0 Å². The van der Waals surface area contributed by atoms with Crippen LogP contribution in [0.3, 0.4) is 0 Å². The van der Waals surface area contributed by atoms with Gasteiger partial charge in [0.05, 0.1) is 5.71 Å². The van der Waals surface area contributed by atoms with Crippen molar-refractivity contribution >= 4 is 21.6 Å². The second kappa shape index (κ2) is 4.36. The van der Waals surface area contributed by atoms with Crippen LogP contribution >= 0.6 is 15.9 Å². The summed E-state index contributed by atoms with van der Waals surface area (Å²) in [5.41, 5.74) is 2.29. The Labute approximate surface area is 96.6 Å². The Bertz CT molecular complexity index is 480. The van der Waals surface area contributed by atoms with E-state index >= 15 is 0 Å². The number of benzene rings is 1. The summed E-state index contributed by atoms with van der Waals surface area (Å²) >= 11 is 3.39. The molecule has 0 atom stereocenters. The van der Waals surface area contributed by atoms with E-state index in [1.165, 1.54) is 0 Å². The van der Waals surface area contributed by atoms with Gasteiger partial charge in [-0.1, -0.05) is 28.1 Å². The quantitative estimate of drug-likeness (QED) is 0.827. The van der Waals surface area contributed by atoms with E-state index < -0.39 is 0 Å². The van der Waals surface area contributed by atoms with Gasteiger partial charge in [-0.3, -0.25) is 10.4 Å². The molecule has 1 aromatic carbocycles. The Hall–Kier alpha value is -1.48. The third-order valence-corrected chi connectivity index (χ3v) is 2.58. The van der Waals surface area contributed by atoms with Gasteiger partial charge in [-0.25, -0.2) is 0 Å². The Balaban J connectivity index is 2.37. The fraction of sp³-hybridized carbons (Fsp3) is 0. The van der Waals surface area contributed by atoms with Crippen LogP contribution in [0.2, 0.25) is 0 Å². The predicted molar refractivity (Wildman–Crippen MR) is 64.3 cm³/mol. The number of pyridine rings is 1. The van der Waals surface area contributed by atoms with E-state index in [0.29, 0.717) is 5.71 Å². The van der Waals surface area contributed by atoms with Gasteiger partial charge in [0.2, 0.25) is 0 Å². The van der Waals surface area contributed by atoms with Crippen LogP contribution in [0.1, 0.15) is 11.1 Å². The Kier molecular flexibility index (Phi) is 2.92. The van der Waals surface area contributed by atoms with Gasteiger partial charge in [0.25, 0.3) is 0 Å². The van der Waals surface area contributed by atoms with Gasteiger partial charge >= 0.3 is 0 Å². The monoisotopic (exact) mass is 260 g/mol. The smallest absolute Gasteiger partial charge is 0.0686 e. The van der Waals surface area contributed by atoms with E-state index in [0.717, 1.165) is 15.6 Å². The average molecular weight is 261 g/mol. The fourth-order valence-corrected chi connectivity index (χ4v) is 1.73. The largest absolute Gasteiger partial charge is 0.300 e. The lowest BCUT2D eigenvalue weighted by Crippen LogP contribution is -2.00. The van der Waals surface area contributed by atoms with E-state index in [-0.39, 0.29) is 0 Å². The van der Waals surface area contributed by atoms with E-state index in [4.69, 9.17) is 5.41 Å². The minimum Gasteiger partial charge on any atom is -0.300 e. The molecule has 0 aliphatic rings. The number of hydrogen-bond donors (Lipinski definition) is 1. The molecule has 74 valence electrons. The maximum Gasteiger partial charge on any atom is 0.0686 e. The zero-order valence-electron chi connectivity index (χ0n) is 7.94. The topological polar surface area (TPSA) is 36.7 Å². The highest BCUT2D eigenvalue weighted by Crippen LogP contribution is 2.14. The molecular weight excluding hydrogens is 252 g/mol. The minimum atomic E-state index is 0.513. The molecule has 1 aromatic heterocycles. The first-order valence-electron chi connectivity index (χ1n) is 4.52. The first-order valence-corrected chi connectivity index (χ1v) is 5.31. The van der Waals surface area contributed by atoms with E-state index in [1.807, 2.05) is 36.4 Å². The number of nitrogens with one attached hydrogen (secondary N) is 1. The normalized spacial score (nSPS) is 9.93. The molecule has 0 aliphatic heterocycles. The van der Waals surface area contributed by atoms with Crippen LogP contribution in [0.4, 0.5) is 0 Å². The van der Waals surface area contributed by atoms with Crippen molar-refractivity contribution in [3.8, 4) is 0 Å². The van der Waals surface area contributed by atoms with Gasteiger partial charge in [-0.05, 0) is 24.3 Å². The van der Waals surface area contributed by atoms with Gasteiger partial charge in [0.15, 0.2) is 0 Å². The molecule has 0 aliphatic carbocycles. The van der Waals surface area contributed by atoms with Crippen LogP contribution < -0.4 is 0 Å². The van der Waals surface area contributed by atoms with Crippen molar-refractivity contribution in [3.05, 3.63) is 64.4 Å². The molecule has 0 saturated carbocycles. The number of halogens is 1. The molecule has 0 amide bonds. The molecule has 3 heteroatoms. The Morgan fingerprint density at radius 3 is 2.47 bits per heavy atom. The highest BCUT2D eigenvalue weighted by atomic mass is 79.9. The van der Waals surface area contributed by atoms with E-state index in [9.17, 15) is 0 Å². The molecule has 0 unspecified atom stereocenters. The second-order valence-electron chi connectivity index (χ2n) is 3.12. The predicted octanol–water partition coefficient (Wildman–Crippen LogP) is 3.26. The Morgan fingerprint density at radius 1 is 1.07 bits per heavy atom. The zero-order chi connectivity index (χ0) is 10.7. The molecule has 0 saturated heterocycles. The van der Waals surface area contributed by atoms with Crippen LogP contribution in [0.5, 0.6) is 0 Å². The average Bonchev–Trinajstić information content (AvgIpc) is 2.29. The first-order chi connectivity index (χ1) is 7.27. The third kappa shape index (κ3) is 2.30. The van der Waals surface area contributed by atoms with Crippen molar-refractivity contribution < 1.29 is 0 Å². The first kappa shape index (κ1) is 10.1. The summed E-state index contributed by atoms with van der Waals surface area (Å²) in [6.07, 6.45) is 3.39. The van der Waals surface area contributed by atoms with Crippen molar-refractivity contribution in [2.45, 2.75) is 0 Å². The van der Waals surface area contributed by atoms with Crippen LogP contribution in [-0.2, 0) is 0 Å². The van der Waals surface area contributed by atoms with Crippen molar-refractivity contribution in [2.24, 2.45) is 0 Å². The van der Waals surface area contributed by atoms with Gasteiger partial charge in [-0.15, -0.1) is 0 Å². The standard InChI is InChI=1S/C12H9BrN2/c13-11-3-1-2-10(8-11)12(14)9-4-6-15-7-5-9/h1-8,14H. The number of nitrogens with zero attached hydrogens (tertiary/aromatic N) is 1. The van der Waals surface area contributed by atoms with E-state index in [2.05, 4.69) is 20.9 Å². The Morgan fingerprint density at radius 2 is 1.80 bits per heavy atom. The molecule has 0 bridgehead atoms. The van der Waals surface area contributed by atoms with Gasteiger partial charge in [0, 0.05) is 28.0 Å². The zero-order valence-corrected chi connectivity index (χ0v) is 9.53. The third-order valence-electron chi connectivity index (χ3n) is 2.08.